The third-order valence-electron chi connectivity index (χ3n) is 2.89. The first kappa shape index (κ1) is 15.1. The second-order valence-corrected chi connectivity index (χ2v) is 6.78. The molecule has 0 aliphatic heterocycles. The van der Waals surface area contributed by atoms with Crippen molar-refractivity contribution in [3.8, 4) is 5.75 Å². The van der Waals surface area contributed by atoms with Crippen LogP contribution in [0.5, 0.6) is 5.75 Å². The van der Waals surface area contributed by atoms with Crippen LogP contribution in [-0.4, -0.2) is 7.11 Å². The predicted molar refractivity (Wildman–Crippen MR) is 92.2 cm³/mol. The van der Waals surface area contributed by atoms with E-state index >= 15 is 0 Å². The van der Waals surface area contributed by atoms with Gasteiger partial charge in [0.1, 0.15) is 5.75 Å². The van der Waals surface area contributed by atoms with E-state index in [1.807, 2.05) is 24.3 Å². The highest BCUT2D eigenvalue weighted by atomic mass is 127. The van der Waals surface area contributed by atoms with Gasteiger partial charge in [0, 0.05) is 8.04 Å². The highest BCUT2D eigenvalue weighted by Crippen LogP contribution is 2.34. The largest absolute Gasteiger partial charge is 0.496 e. The molecule has 0 saturated heterocycles. The monoisotopic (exact) mass is 450 g/mol. The molecule has 0 saturated carbocycles. The number of hydrogen-bond acceptors (Lipinski definition) is 1. The summed E-state index contributed by atoms with van der Waals surface area (Å²) < 4.78 is 7.59. The Morgan fingerprint density at radius 1 is 1.26 bits per heavy atom. The van der Waals surface area contributed by atoms with Crippen molar-refractivity contribution < 1.29 is 4.74 Å². The zero-order valence-electron chi connectivity index (χ0n) is 10.4. The lowest BCUT2D eigenvalue weighted by atomic mass is 10.0. The zero-order valence-corrected chi connectivity index (χ0v) is 14.9. The topological polar surface area (TPSA) is 9.23 Å². The fourth-order valence-electron chi connectivity index (χ4n) is 1.93. The van der Waals surface area contributed by atoms with Crippen LogP contribution in [0.2, 0.25) is 0 Å². The molecule has 2 rings (SSSR count). The lowest BCUT2D eigenvalue weighted by molar-refractivity contribution is 0.409. The van der Waals surface area contributed by atoms with Crippen molar-refractivity contribution in [2.75, 3.05) is 7.11 Å². The van der Waals surface area contributed by atoms with Crippen molar-refractivity contribution in [1.29, 1.82) is 0 Å². The fraction of sp³-hybridized carbons (Fsp3) is 0.200. The highest BCUT2D eigenvalue weighted by Gasteiger charge is 2.15. The minimum atomic E-state index is -0.0830. The van der Waals surface area contributed by atoms with E-state index in [0.717, 1.165) is 27.8 Å². The number of ether oxygens (including phenoxy) is 1. The van der Waals surface area contributed by atoms with Crippen molar-refractivity contribution in [2.45, 2.75) is 11.8 Å². The molecule has 0 aromatic heterocycles. The molecular weight excluding hydrogens is 438 g/mol. The van der Waals surface area contributed by atoms with Gasteiger partial charge in [-0.15, -0.1) is 11.6 Å². The minimum Gasteiger partial charge on any atom is -0.496 e. The molecule has 1 atom stereocenters. The summed E-state index contributed by atoms with van der Waals surface area (Å²) in [5.41, 5.74) is 2.23. The first-order valence-electron chi connectivity index (χ1n) is 5.82. The number of rotatable bonds is 4. The Kier molecular flexibility index (Phi) is 5.54. The lowest BCUT2D eigenvalue weighted by Gasteiger charge is -2.14. The Morgan fingerprint density at radius 2 is 2.00 bits per heavy atom. The quantitative estimate of drug-likeness (QED) is 0.435. The molecule has 19 heavy (non-hydrogen) atoms. The number of hydrogen-bond donors (Lipinski definition) is 0. The number of methoxy groups -OCH3 is 1. The summed E-state index contributed by atoms with van der Waals surface area (Å²) in [5.74, 6) is 0.884. The maximum atomic E-state index is 6.56. The molecular formula is C15H13BrClIO. The normalized spacial score (nSPS) is 12.2. The van der Waals surface area contributed by atoms with E-state index in [9.17, 15) is 0 Å². The van der Waals surface area contributed by atoms with E-state index in [2.05, 4.69) is 56.7 Å². The number of halogens is 3. The molecule has 0 aliphatic carbocycles. The molecule has 4 heteroatoms. The van der Waals surface area contributed by atoms with Gasteiger partial charge in [-0.1, -0.05) is 34.1 Å². The van der Waals surface area contributed by atoms with E-state index in [4.69, 9.17) is 16.3 Å². The van der Waals surface area contributed by atoms with Crippen LogP contribution in [-0.2, 0) is 6.42 Å². The standard InChI is InChI=1S/C15H13BrClIO/c1-19-15-5-3-2-4-10(15)8-14(17)12-9-11(18)6-7-13(12)16/h2-7,9,14H,8H2,1H3. The first-order valence-corrected chi connectivity index (χ1v) is 8.13. The molecule has 1 unspecified atom stereocenters. The van der Waals surface area contributed by atoms with E-state index in [0.29, 0.717) is 0 Å². The van der Waals surface area contributed by atoms with Crippen molar-refractivity contribution in [3.05, 3.63) is 61.6 Å². The van der Waals surface area contributed by atoms with Crippen molar-refractivity contribution in [3.63, 3.8) is 0 Å². The van der Waals surface area contributed by atoms with Gasteiger partial charge in [-0.25, -0.2) is 0 Å². The Bertz CT molecular complexity index is 574. The minimum absolute atomic E-state index is 0.0830. The predicted octanol–water partition coefficient (Wildman–Crippen LogP) is 5.58. The van der Waals surface area contributed by atoms with Crippen molar-refractivity contribution >= 4 is 50.1 Å². The van der Waals surface area contributed by atoms with Crippen molar-refractivity contribution in [1.82, 2.24) is 0 Å². The van der Waals surface area contributed by atoms with Gasteiger partial charge in [0.25, 0.3) is 0 Å². The van der Waals surface area contributed by atoms with Gasteiger partial charge in [-0.3, -0.25) is 0 Å². The van der Waals surface area contributed by atoms with Gasteiger partial charge in [-0.05, 0) is 64.4 Å². The molecule has 2 aromatic carbocycles. The highest BCUT2D eigenvalue weighted by molar-refractivity contribution is 14.1. The third kappa shape index (κ3) is 3.86. The fourth-order valence-corrected chi connectivity index (χ4v) is 3.45. The van der Waals surface area contributed by atoms with Crippen LogP contribution in [0.1, 0.15) is 16.5 Å². The van der Waals surface area contributed by atoms with Crippen LogP contribution in [0.25, 0.3) is 0 Å². The van der Waals surface area contributed by atoms with Gasteiger partial charge < -0.3 is 4.74 Å². The van der Waals surface area contributed by atoms with Crippen molar-refractivity contribution in [2.24, 2.45) is 0 Å². The summed E-state index contributed by atoms with van der Waals surface area (Å²) in [6, 6.07) is 14.2. The first-order chi connectivity index (χ1) is 9.11. The average Bonchev–Trinajstić information content (AvgIpc) is 2.42. The van der Waals surface area contributed by atoms with Crippen LogP contribution in [0.4, 0.5) is 0 Å². The van der Waals surface area contributed by atoms with E-state index < -0.39 is 0 Å². The Hall–Kier alpha value is -0.260. The summed E-state index contributed by atoms with van der Waals surface area (Å²) in [7, 11) is 1.68. The average molecular weight is 452 g/mol. The molecule has 2 aromatic rings. The molecule has 0 amide bonds. The molecule has 0 fully saturated rings. The molecule has 0 spiro atoms. The van der Waals surface area contributed by atoms with Crippen LogP contribution < -0.4 is 4.74 Å². The summed E-state index contributed by atoms with van der Waals surface area (Å²) in [6.07, 6.45) is 0.740. The van der Waals surface area contributed by atoms with E-state index in [1.54, 1.807) is 7.11 Å². The van der Waals surface area contributed by atoms with E-state index in [1.165, 1.54) is 3.57 Å². The van der Waals surface area contributed by atoms with Gasteiger partial charge in [0.05, 0.1) is 12.5 Å². The van der Waals surface area contributed by atoms with Crippen LogP contribution in [0, 0.1) is 3.57 Å². The van der Waals surface area contributed by atoms with Crippen LogP contribution in [0.3, 0.4) is 0 Å². The molecule has 0 N–H and O–H groups in total. The Labute approximate surface area is 140 Å². The Morgan fingerprint density at radius 3 is 2.74 bits per heavy atom. The van der Waals surface area contributed by atoms with Gasteiger partial charge >= 0.3 is 0 Å². The van der Waals surface area contributed by atoms with E-state index in [-0.39, 0.29) is 5.38 Å². The number of para-hydroxylation sites is 1. The lowest BCUT2D eigenvalue weighted by Crippen LogP contribution is -2.00. The van der Waals surface area contributed by atoms with Gasteiger partial charge in [-0.2, -0.15) is 0 Å². The molecule has 100 valence electrons. The second-order valence-electron chi connectivity index (χ2n) is 4.15. The maximum Gasteiger partial charge on any atom is 0.122 e. The van der Waals surface area contributed by atoms with Crippen LogP contribution in [0.15, 0.2) is 46.9 Å². The molecule has 0 radical (unpaired) electrons. The van der Waals surface area contributed by atoms with Gasteiger partial charge in [0.15, 0.2) is 0 Å². The summed E-state index contributed by atoms with van der Waals surface area (Å²) in [4.78, 5) is 0. The summed E-state index contributed by atoms with van der Waals surface area (Å²) in [5, 5.41) is -0.0830. The van der Waals surface area contributed by atoms with Gasteiger partial charge in [0.2, 0.25) is 0 Å². The third-order valence-corrected chi connectivity index (χ3v) is 4.67. The maximum absolute atomic E-state index is 6.56. The molecule has 0 heterocycles. The molecule has 0 bridgehead atoms. The Balaban J connectivity index is 2.25. The SMILES string of the molecule is COc1ccccc1CC(Cl)c1cc(I)ccc1Br. The van der Waals surface area contributed by atoms with Crippen LogP contribution >= 0.6 is 50.1 Å². The summed E-state index contributed by atoms with van der Waals surface area (Å²) >= 11 is 12.4. The number of benzene rings is 2. The summed E-state index contributed by atoms with van der Waals surface area (Å²) in [6.45, 7) is 0. The zero-order chi connectivity index (χ0) is 13.8. The smallest absolute Gasteiger partial charge is 0.122 e. The second kappa shape index (κ2) is 6.95. The molecule has 0 aliphatic rings. The number of alkyl halides is 1. The molecule has 1 nitrogen and oxygen atoms in total.